The predicted octanol–water partition coefficient (Wildman–Crippen LogP) is 1.86. The Kier molecular flexibility index (Phi) is 5.12. The van der Waals surface area contributed by atoms with Gasteiger partial charge >= 0.3 is 0 Å². The first-order valence-corrected chi connectivity index (χ1v) is 7.47. The second-order valence-electron chi connectivity index (χ2n) is 5.84. The van der Waals surface area contributed by atoms with Gasteiger partial charge < -0.3 is 10.2 Å². The molecule has 0 bridgehead atoms. The van der Waals surface area contributed by atoms with Gasteiger partial charge in [-0.3, -0.25) is 9.78 Å². The Morgan fingerprint density at radius 1 is 1.40 bits per heavy atom. The first-order chi connectivity index (χ1) is 9.66. The Labute approximate surface area is 121 Å². The Morgan fingerprint density at radius 3 is 2.75 bits per heavy atom. The molecule has 1 saturated heterocycles. The molecule has 2 rings (SSSR count). The molecule has 0 atom stereocenters. The molecule has 0 radical (unpaired) electrons. The summed E-state index contributed by atoms with van der Waals surface area (Å²) in [6, 6.07) is 6.01. The van der Waals surface area contributed by atoms with E-state index in [0.717, 1.165) is 50.9 Å². The summed E-state index contributed by atoms with van der Waals surface area (Å²) in [7, 11) is 3.88. The lowest BCUT2D eigenvalue weighted by Gasteiger charge is -2.39. The average Bonchev–Trinajstić information content (AvgIpc) is 2.50. The molecule has 0 aromatic carbocycles. The van der Waals surface area contributed by atoms with E-state index in [0.29, 0.717) is 0 Å². The van der Waals surface area contributed by atoms with Crippen LogP contribution in [0.5, 0.6) is 0 Å². The quantitative estimate of drug-likeness (QED) is 0.892. The second-order valence-corrected chi connectivity index (χ2v) is 5.84. The molecule has 4 heteroatoms. The number of likely N-dealkylation sites (tertiary alicyclic amines) is 1. The van der Waals surface area contributed by atoms with Gasteiger partial charge in [0.1, 0.15) is 0 Å². The maximum atomic E-state index is 12.3. The minimum atomic E-state index is -0.171. The van der Waals surface area contributed by atoms with Crippen molar-refractivity contribution >= 4 is 5.91 Å². The van der Waals surface area contributed by atoms with Crippen LogP contribution in [0, 0.1) is 5.41 Å². The Hall–Kier alpha value is -1.42. The van der Waals surface area contributed by atoms with Crippen molar-refractivity contribution in [2.75, 3.05) is 27.2 Å². The van der Waals surface area contributed by atoms with Crippen LogP contribution in [0.2, 0.25) is 0 Å². The van der Waals surface area contributed by atoms with Gasteiger partial charge in [-0.15, -0.1) is 0 Å². The predicted molar refractivity (Wildman–Crippen MR) is 80.4 cm³/mol. The van der Waals surface area contributed by atoms with E-state index in [1.807, 2.05) is 18.3 Å². The summed E-state index contributed by atoms with van der Waals surface area (Å²) >= 11 is 0. The minimum absolute atomic E-state index is 0.171. The molecule has 1 amide bonds. The van der Waals surface area contributed by atoms with Crippen molar-refractivity contribution in [3.63, 3.8) is 0 Å². The van der Waals surface area contributed by atoms with Gasteiger partial charge in [0.25, 0.3) is 0 Å². The van der Waals surface area contributed by atoms with E-state index < -0.39 is 0 Å². The van der Waals surface area contributed by atoms with Crippen LogP contribution in [-0.2, 0) is 11.2 Å². The molecule has 1 N–H and O–H groups in total. The number of hydrogen-bond acceptors (Lipinski definition) is 3. The van der Waals surface area contributed by atoms with Crippen LogP contribution in [-0.4, -0.2) is 43.0 Å². The number of carbonyl (C=O) groups is 1. The highest BCUT2D eigenvalue weighted by molar-refractivity contribution is 5.82. The number of hydrogen-bond donors (Lipinski definition) is 1. The lowest BCUT2D eigenvalue weighted by Crippen LogP contribution is -2.47. The van der Waals surface area contributed by atoms with Gasteiger partial charge in [-0.25, -0.2) is 0 Å². The Bertz CT molecular complexity index is 425. The lowest BCUT2D eigenvalue weighted by molar-refractivity contribution is -0.133. The van der Waals surface area contributed by atoms with Crippen molar-refractivity contribution in [1.29, 1.82) is 0 Å². The smallest absolute Gasteiger partial charge is 0.226 e. The molecule has 110 valence electrons. The average molecular weight is 275 g/mol. The van der Waals surface area contributed by atoms with E-state index in [-0.39, 0.29) is 11.3 Å². The number of nitrogens with one attached hydrogen (secondary N) is 1. The van der Waals surface area contributed by atoms with Crippen LogP contribution in [0.15, 0.2) is 24.4 Å². The SMILES string of the molecule is CNC(=O)C1(CCCc2ccccn2)CCN(C)CC1. The zero-order valence-corrected chi connectivity index (χ0v) is 12.6. The number of nitrogens with zero attached hydrogens (tertiary/aromatic N) is 2. The molecule has 0 saturated carbocycles. The molecular formula is C16H25N3O. The number of amides is 1. The van der Waals surface area contributed by atoms with Crippen molar-refractivity contribution in [3.8, 4) is 0 Å². The largest absolute Gasteiger partial charge is 0.359 e. The van der Waals surface area contributed by atoms with Crippen LogP contribution in [0.4, 0.5) is 0 Å². The van der Waals surface area contributed by atoms with E-state index in [9.17, 15) is 4.79 Å². The second kappa shape index (κ2) is 6.84. The number of rotatable bonds is 5. The van der Waals surface area contributed by atoms with Crippen LogP contribution in [0.3, 0.4) is 0 Å². The maximum absolute atomic E-state index is 12.3. The topological polar surface area (TPSA) is 45.2 Å². The Balaban J connectivity index is 1.93. The van der Waals surface area contributed by atoms with Crippen molar-refractivity contribution < 1.29 is 4.79 Å². The molecule has 0 aliphatic carbocycles. The van der Waals surface area contributed by atoms with E-state index in [2.05, 4.69) is 28.3 Å². The fraction of sp³-hybridized carbons (Fsp3) is 0.625. The van der Waals surface area contributed by atoms with Crippen molar-refractivity contribution in [3.05, 3.63) is 30.1 Å². The zero-order chi connectivity index (χ0) is 14.4. The van der Waals surface area contributed by atoms with Crippen LogP contribution in [0.25, 0.3) is 0 Å². The number of aryl methyl sites for hydroxylation is 1. The highest BCUT2D eigenvalue weighted by Gasteiger charge is 2.39. The van der Waals surface area contributed by atoms with Crippen molar-refractivity contribution in [1.82, 2.24) is 15.2 Å². The molecule has 1 aliphatic heterocycles. The van der Waals surface area contributed by atoms with Gasteiger partial charge in [-0.1, -0.05) is 6.07 Å². The summed E-state index contributed by atoms with van der Waals surface area (Å²) in [4.78, 5) is 19.0. The van der Waals surface area contributed by atoms with Crippen LogP contribution < -0.4 is 5.32 Å². The molecular weight excluding hydrogens is 250 g/mol. The first kappa shape index (κ1) is 15.0. The molecule has 1 aliphatic rings. The summed E-state index contributed by atoms with van der Waals surface area (Å²) in [6.45, 7) is 2.02. The third-order valence-corrected chi connectivity index (χ3v) is 4.47. The van der Waals surface area contributed by atoms with E-state index in [1.165, 1.54) is 0 Å². The molecule has 2 heterocycles. The summed E-state index contributed by atoms with van der Waals surface area (Å²) in [5, 5.41) is 2.87. The van der Waals surface area contributed by atoms with Gasteiger partial charge in [0.15, 0.2) is 0 Å². The van der Waals surface area contributed by atoms with Gasteiger partial charge in [-0.2, -0.15) is 0 Å². The zero-order valence-electron chi connectivity index (χ0n) is 12.6. The summed E-state index contributed by atoms with van der Waals surface area (Å²) in [6.07, 6.45) is 6.69. The molecule has 1 fully saturated rings. The van der Waals surface area contributed by atoms with Crippen LogP contribution >= 0.6 is 0 Å². The molecule has 0 spiro atoms. The molecule has 1 aromatic rings. The standard InChI is InChI=1S/C16H25N3O/c1-17-15(20)16(9-12-19(2)13-10-16)8-5-7-14-6-3-4-11-18-14/h3-4,6,11H,5,7-10,12-13H2,1-2H3,(H,17,20). The number of carbonyl (C=O) groups excluding carboxylic acids is 1. The summed E-state index contributed by atoms with van der Waals surface area (Å²) < 4.78 is 0. The normalized spacial score (nSPS) is 18.7. The first-order valence-electron chi connectivity index (χ1n) is 7.47. The monoisotopic (exact) mass is 275 g/mol. The molecule has 20 heavy (non-hydrogen) atoms. The number of aromatic nitrogens is 1. The minimum Gasteiger partial charge on any atom is -0.359 e. The summed E-state index contributed by atoms with van der Waals surface area (Å²) in [5.74, 6) is 0.214. The van der Waals surface area contributed by atoms with Gasteiger partial charge in [0.05, 0.1) is 5.41 Å². The van der Waals surface area contributed by atoms with Gasteiger partial charge in [0.2, 0.25) is 5.91 Å². The molecule has 0 unspecified atom stereocenters. The van der Waals surface area contributed by atoms with E-state index in [4.69, 9.17) is 0 Å². The lowest BCUT2D eigenvalue weighted by atomic mass is 9.73. The van der Waals surface area contributed by atoms with Crippen molar-refractivity contribution in [2.24, 2.45) is 5.41 Å². The fourth-order valence-corrected chi connectivity index (χ4v) is 3.06. The van der Waals surface area contributed by atoms with Crippen LogP contribution in [0.1, 0.15) is 31.4 Å². The summed E-state index contributed by atoms with van der Waals surface area (Å²) in [5.41, 5.74) is 0.947. The maximum Gasteiger partial charge on any atom is 0.226 e. The van der Waals surface area contributed by atoms with Gasteiger partial charge in [0, 0.05) is 18.9 Å². The van der Waals surface area contributed by atoms with Crippen molar-refractivity contribution in [2.45, 2.75) is 32.1 Å². The third-order valence-electron chi connectivity index (χ3n) is 4.47. The number of pyridine rings is 1. The Morgan fingerprint density at radius 2 is 2.15 bits per heavy atom. The fourth-order valence-electron chi connectivity index (χ4n) is 3.06. The van der Waals surface area contributed by atoms with E-state index in [1.54, 1.807) is 7.05 Å². The van der Waals surface area contributed by atoms with Gasteiger partial charge in [-0.05, 0) is 64.4 Å². The number of piperidine rings is 1. The highest BCUT2D eigenvalue weighted by Crippen LogP contribution is 2.36. The highest BCUT2D eigenvalue weighted by atomic mass is 16.2. The third kappa shape index (κ3) is 3.57. The van der Waals surface area contributed by atoms with E-state index >= 15 is 0 Å². The molecule has 4 nitrogen and oxygen atoms in total. The molecule has 1 aromatic heterocycles.